The van der Waals surface area contributed by atoms with Crippen LogP contribution in [0.25, 0.3) is 0 Å². The third kappa shape index (κ3) is 3.19. The molecule has 1 nitrogen and oxygen atoms in total. The number of benzene rings is 1. The molecular formula is C16H18ClNS. The number of halogens is 1. The second kappa shape index (κ2) is 5.66. The van der Waals surface area contributed by atoms with Crippen LogP contribution in [0.5, 0.6) is 0 Å². The number of nitrogens with one attached hydrogen (secondary N) is 1. The van der Waals surface area contributed by atoms with Crippen LogP contribution < -0.4 is 5.32 Å². The average molecular weight is 292 g/mol. The Morgan fingerprint density at radius 3 is 2.53 bits per heavy atom. The predicted octanol–water partition coefficient (Wildman–Crippen LogP) is 4.75. The van der Waals surface area contributed by atoms with Gasteiger partial charge in [-0.1, -0.05) is 23.7 Å². The highest BCUT2D eigenvalue weighted by Gasteiger charge is 2.29. The summed E-state index contributed by atoms with van der Waals surface area (Å²) in [4.78, 5) is 2.83. The maximum atomic E-state index is 5.91. The molecule has 0 bridgehead atoms. The largest absolute Gasteiger partial charge is 0.309 e. The molecule has 0 spiro atoms. The molecular weight excluding hydrogens is 274 g/mol. The lowest BCUT2D eigenvalue weighted by Gasteiger charge is -2.36. The van der Waals surface area contributed by atoms with Gasteiger partial charge in [-0.15, -0.1) is 11.3 Å². The highest BCUT2D eigenvalue weighted by Crippen LogP contribution is 2.37. The van der Waals surface area contributed by atoms with Crippen molar-refractivity contribution in [2.75, 3.05) is 0 Å². The Bertz CT molecular complexity index is 540. The summed E-state index contributed by atoms with van der Waals surface area (Å²) in [6.45, 7) is 3.17. The van der Waals surface area contributed by atoms with Gasteiger partial charge in [-0.3, -0.25) is 0 Å². The normalized spacial score (nSPS) is 22.2. The summed E-state index contributed by atoms with van der Waals surface area (Å²) < 4.78 is 0. The van der Waals surface area contributed by atoms with E-state index in [-0.39, 0.29) is 0 Å². The molecule has 0 amide bonds. The highest BCUT2D eigenvalue weighted by molar-refractivity contribution is 7.11. The van der Waals surface area contributed by atoms with E-state index in [1.54, 1.807) is 0 Å². The van der Waals surface area contributed by atoms with Crippen LogP contribution >= 0.6 is 22.9 Å². The van der Waals surface area contributed by atoms with Crippen molar-refractivity contribution in [2.45, 2.75) is 38.3 Å². The van der Waals surface area contributed by atoms with Gasteiger partial charge < -0.3 is 5.32 Å². The van der Waals surface area contributed by atoms with Crippen molar-refractivity contribution < 1.29 is 0 Å². The molecule has 1 aromatic heterocycles. The van der Waals surface area contributed by atoms with Crippen molar-refractivity contribution in [3.63, 3.8) is 0 Å². The van der Waals surface area contributed by atoms with E-state index in [0.717, 1.165) is 11.6 Å². The zero-order valence-electron chi connectivity index (χ0n) is 11.0. The van der Waals surface area contributed by atoms with Crippen LogP contribution in [0.1, 0.15) is 34.1 Å². The second-order valence-corrected chi connectivity index (χ2v) is 7.12. The third-order valence-electron chi connectivity index (χ3n) is 3.84. The number of thiophene rings is 1. The maximum Gasteiger partial charge on any atom is 0.0406 e. The van der Waals surface area contributed by atoms with Gasteiger partial charge >= 0.3 is 0 Å². The molecule has 3 rings (SSSR count). The molecule has 1 aromatic carbocycles. The van der Waals surface area contributed by atoms with Gasteiger partial charge in [-0.25, -0.2) is 0 Å². The first-order valence-corrected chi connectivity index (χ1v) is 7.94. The molecule has 2 aromatic rings. The summed E-state index contributed by atoms with van der Waals surface area (Å²) in [6, 6.07) is 13.4. The summed E-state index contributed by atoms with van der Waals surface area (Å²) in [6.07, 6.45) is 2.48. The van der Waals surface area contributed by atoms with Crippen molar-refractivity contribution in [3.8, 4) is 0 Å². The van der Waals surface area contributed by atoms with E-state index in [0.29, 0.717) is 12.0 Å². The Balaban J connectivity index is 1.46. The van der Waals surface area contributed by atoms with Crippen LogP contribution in [-0.4, -0.2) is 6.04 Å². The zero-order chi connectivity index (χ0) is 13.2. The monoisotopic (exact) mass is 291 g/mol. The van der Waals surface area contributed by atoms with E-state index in [1.165, 1.54) is 28.2 Å². The first kappa shape index (κ1) is 13.2. The van der Waals surface area contributed by atoms with Gasteiger partial charge in [0.05, 0.1) is 0 Å². The molecule has 1 aliphatic carbocycles. The summed E-state index contributed by atoms with van der Waals surface area (Å²) in [5.41, 5.74) is 1.43. The van der Waals surface area contributed by atoms with Crippen LogP contribution in [0, 0.1) is 6.92 Å². The van der Waals surface area contributed by atoms with Gasteiger partial charge in [0.25, 0.3) is 0 Å². The topological polar surface area (TPSA) is 12.0 Å². The summed E-state index contributed by atoms with van der Waals surface area (Å²) >= 11 is 7.80. The van der Waals surface area contributed by atoms with E-state index in [1.807, 2.05) is 23.5 Å². The minimum Gasteiger partial charge on any atom is -0.309 e. The molecule has 0 saturated heterocycles. The SMILES string of the molecule is Cc1ccc(CNC2CC(c3ccc(Cl)cc3)C2)s1. The first-order valence-electron chi connectivity index (χ1n) is 6.75. The maximum absolute atomic E-state index is 5.91. The Kier molecular flexibility index (Phi) is 3.92. The molecule has 0 radical (unpaired) electrons. The Labute approximate surface area is 123 Å². The summed E-state index contributed by atoms with van der Waals surface area (Å²) in [5.74, 6) is 0.708. The predicted molar refractivity (Wildman–Crippen MR) is 83.1 cm³/mol. The molecule has 100 valence electrons. The van der Waals surface area contributed by atoms with E-state index < -0.39 is 0 Å². The van der Waals surface area contributed by atoms with Gasteiger partial charge in [-0.2, -0.15) is 0 Å². The number of hydrogen-bond donors (Lipinski definition) is 1. The standard InChI is InChI=1S/C16H18ClNS/c1-11-2-7-16(19-11)10-18-15-8-13(9-15)12-3-5-14(17)6-4-12/h2-7,13,15,18H,8-10H2,1H3. The minimum absolute atomic E-state index is 0.670. The van der Waals surface area contributed by atoms with E-state index in [9.17, 15) is 0 Å². The fourth-order valence-electron chi connectivity index (χ4n) is 2.62. The molecule has 1 fully saturated rings. The lowest BCUT2D eigenvalue weighted by molar-refractivity contribution is 0.290. The fourth-order valence-corrected chi connectivity index (χ4v) is 3.58. The van der Waals surface area contributed by atoms with Gasteiger partial charge in [0, 0.05) is 27.4 Å². The Hall–Kier alpha value is -0.830. The van der Waals surface area contributed by atoms with Gasteiger partial charge in [0.2, 0.25) is 0 Å². The number of hydrogen-bond acceptors (Lipinski definition) is 2. The molecule has 1 aliphatic rings. The van der Waals surface area contributed by atoms with Gasteiger partial charge in [0.1, 0.15) is 0 Å². The third-order valence-corrected chi connectivity index (χ3v) is 5.09. The fraction of sp³-hybridized carbons (Fsp3) is 0.375. The molecule has 1 heterocycles. The van der Waals surface area contributed by atoms with Crippen LogP contribution in [0.3, 0.4) is 0 Å². The van der Waals surface area contributed by atoms with Crippen LogP contribution in [0.2, 0.25) is 5.02 Å². The van der Waals surface area contributed by atoms with Crippen molar-refractivity contribution in [3.05, 3.63) is 56.7 Å². The van der Waals surface area contributed by atoms with E-state index in [4.69, 9.17) is 11.6 Å². The van der Waals surface area contributed by atoms with E-state index >= 15 is 0 Å². The van der Waals surface area contributed by atoms with Crippen LogP contribution in [0.15, 0.2) is 36.4 Å². The Morgan fingerprint density at radius 1 is 1.16 bits per heavy atom. The molecule has 0 atom stereocenters. The molecule has 1 N–H and O–H groups in total. The Morgan fingerprint density at radius 2 is 1.89 bits per heavy atom. The zero-order valence-corrected chi connectivity index (χ0v) is 12.6. The van der Waals surface area contributed by atoms with Crippen molar-refractivity contribution in [1.29, 1.82) is 0 Å². The van der Waals surface area contributed by atoms with Crippen LogP contribution in [-0.2, 0) is 6.54 Å². The van der Waals surface area contributed by atoms with Crippen molar-refractivity contribution in [2.24, 2.45) is 0 Å². The summed E-state index contributed by atoms with van der Waals surface area (Å²) in [7, 11) is 0. The molecule has 0 aliphatic heterocycles. The smallest absolute Gasteiger partial charge is 0.0406 e. The van der Waals surface area contributed by atoms with Crippen LogP contribution in [0.4, 0.5) is 0 Å². The lowest BCUT2D eigenvalue weighted by atomic mass is 9.76. The quantitative estimate of drug-likeness (QED) is 0.857. The minimum atomic E-state index is 0.670. The first-order chi connectivity index (χ1) is 9.20. The van der Waals surface area contributed by atoms with Crippen molar-refractivity contribution in [1.82, 2.24) is 5.32 Å². The number of rotatable bonds is 4. The molecule has 0 unspecified atom stereocenters. The average Bonchev–Trinajstić information content (AvgIpc) is 2.75. The molecule has 1 saturated carbocycles. The number of aryl methyl sites for hydroxylation is 1. The van der Waals surface area contributed by atoms with Gasteiger partial charge in [0.15, 0.2) is 0 Å². The van der Waals surface area contributed by atoms with Crippen molar-refractivity contribution >= 4 is 22.9 Å². The highest BCUT2D eigenvalue weighted by atomic mass is 35.5. The van der Waals surface area contributed by atoms with Gasteiger partial charge in [-0.05, 0) is 55.5 Å². The molecule has 19 heavy (non-hydrogen) atoms. The molecule has 3 heteroatoms. The lowest BCUT2D eigenvalue weighted by Crippen LogP contribution is -2.39. The summed E-state index contributed by atoms with van der Waals surface area (Å²) in [5, 5.41) is 4.47. The second-order valence-electron chi connectivity index (χ2n) is 5.31. The van der Waals surface area contributed by atoms with E-state index in [2.05, 4.69) is 36.5 Å².